The monoisotopic (exact) mass is 328 g/mol. The molecule has 4 nitrogen and oxygen atoms in total. The minimum atomic E-state index is -0.300. The second-order valence-corrected chi connectivity index (χ2v) is 7.95. The summed E-state index contributed by atoms with van der Waals surface area (Å²) in [6, 6.07) is 5.46. The average molecular weight is 328 g/mol. The summed E-state index contributed by atoms with van der Waals surface area (Å²) in [5, 5.41) is 5.62. The molecule has 0 fully saturated rings. The number of hydrogen-bond acceptors (Lipinski definition) is 3. The quantitative estimate of drug-likeness (QED) is 0.754. The molecule has 0 aromatic heterocycles. The van der Waals surface area contributed by atoms with Crippen LogP contribution in [0.1, 0.15) is 27.7 Å². The Balaban J connectivity index is 2.17. The van der Waals surface area contributed by atoms with Gasteiger partial charge >= 0.3 is 6.03 Å². The van der Waals surface area contributed by atoms with Crippen LogP contribution in [-0.4, -0.2) is 35.7 Å². The van der Waals surface area contributed by atoms with Gasteiger partial charge < -0.3 is 15.4 Å². The molecule has 0 saturated heterocycles. The summed E-state index contributed by atoms with van der Waals surface area (Å²) < 4.78 is 18.4. The van der Waals surface area contributed by atoms with Crippen LogP contribution in [0.2, 0.25) is 0 Å². The number of nitrogens with one attached hydrogen (secondary N) is 2. The van der Waals surface area contributed by atoms with Gasteiger partial charge in [-0.05, 0) is 31.2 Å². The summed E-state index contributed by atoms with van der Waals surface area (Å²) in [5.41, 5.74) is 0. The molecule has 0 aliphatic carbocycles. The van der Waals surface area contributed by atoms with E-state index in [0.717, 1.165) is 5.75 Å². The third-order valence-corrected chi connectivity index (χ3v) is 3.89. The van der Waals surface area contributed by atoms with E-state index in [0.29, 0.717) is 18.9 Å². The van der Waals surface area contributed by atoms with Gasteiger partial charge in [0.2, 0.25) is 0 Å². The number of urea groups is 1. The van der Waals surface area contributed by atoms with Crippen LogP contribution in [0.3, 0.4) is 0 Å². The lowest BCUT2D eigenvalue weighted by atomic mass is 10.3. The van der Waals surface area contributed by atoms with Crippen molar-refractivity contribution in [1.82, 2.24) is 10.6 Å². The summed E-state index contributed by atoms with van der Waals surface area (Å²) in [6.45, 7) is 9.24. The molecule has 1 rings (SSSR count). The molecule has 0 aliphatic heterocycles. The SMILES string of the molecule is CC(COc1ccc(F)cc1)NC(=O)NCCSC(C)(C)C. The van der Waals surface area contributed by atoms with E-state index in [1.165, 1.54) is 12.1 Å². The van der Waals surface area contributed by atoms with Gasteiger partial charge in [-0.2, -0.15) is 11.8 Å². The first-order valence-electron chi connectivity index (χ1n) is 7.33. The van der Waals surface area contributed by atoms with Gasteiger partial charge in [0, 0.05) is 17.0 Å². The van der Waals surface area contributed by atoms with E-state index < -0.39 is 0 Å². The highest BCUT2D eigenvalue weighted by Crippen LogP contribution is 2.21. The molecule has 2 N–H and O–H groups in total. The molecular weight excluding hydrogens is 303 g/mol. The maximum atomic E-state index is 12.8. The molecule has 0 aliphatic rings. The van der Waals surface area contributed by atoms with Crippen molar-refractivity contribution in [3.63, 3.8) is 0 Å². The van der Waals surface area contributed by atoms with Gasteiger partial charge in [-0.15, -0.1) is 0 Å². The smallest absolute Gasteiger partial charge is 0.315 e. The lowest BCUT2D eigenvalue weighted by Crippen LogP contribution is -2.44. The fourth-order valence-electron chi connectivity index (χ4n) is 1.59. The summed E-state index contributed by atoms with van der Waals surface area (Å²) in [4.78, 5) is 11.7. The Morgan fingerprint density at radius 2 is 1.95 bits per heavy atom. The highest BCUT2D eigenvalue weighted by molar-refractivity contribution is 8.00. The Labute approximate surface area is 136 Å². The van der Waals surface area contributed by atoms with Gasteiger partial charge in [0.25, 0.3) is 0 Å². The van der Waals surface area contributed by atoms with Crippen molar-refractivity contribution in [2.45, 2.75) is 38.5 Å². The molecule has 0 spiro atoms. The number of halogens is 1. The number of benzene rings is 1. The molecule has 2 amide bonds. The van der Waals surface area contributed by atoms with Crippen LogP contribution in [0.15, 0.2) is 24.3 Å². The first-order valence-corrected chi connectivity index (χ1v) is 8.31. The van der Waals surface area contributed by atoms with Gasteiger partial charge in [0.05, 0.1) is 6.04 Å². The largest absolute Gasteiger partial charge is 0.491 e. The summed E-state index contributed by atoms with van der Waals surface area (Å²) in [6.07, 6.45) is 0. The Kier molecular flexibility index (Phi) is 7.51. The molecule has 0 heterocycles. The van der Waals surface area contributed by atoms with E-state index in [9.17, 15) is 9.18 Å². The van der Waals surface area contributed by atoms with Crippen LogP contribution in [0.25, 0.3) is 0 Å². The molecule has 0 saturated carbocycles. The summed E-state index contributed by atoms with van der Waals surface area (Å²) >= 11 is 1.81. The third-order valence-electron chi connectivity index (χ3n) is 2.61. The maximum absolute atomic E-state index is 12.8. The normalized spacial score (nSPS) is 12.6. The maximum Gasteiger partial charge on any atom is 0.315 e. The molecule has 0 radical (unpaired) electrons. The summed E-state index contributed by atoms with van der Waals surface area (Å²) in [5.74, 6) is 1.15. The second-order valence-electron chi connectivity index (χ2n) is 6.03. The third kappa shape index (κ3) is 8.77. The van der Waals surface area contributed by atoms with Crippen LogP contribution in [0.5, 0.6) is 5.75 Å². The number of amides is 2. The van der Waals surface area contributed by atoms with Crippen molar-refractivity contribution >= 4 is 17.8 Å². The standard InChI is InChI=1S/C16H25FN2O2S/c1-12(11-21-14-7-5-13(17)6-8-14)19-15(20)18-9-10-22-16(2,3)4/h5-8,12H,9-11H2,1-4H3,(H2,18,19,20). The van der Waals surface area contributed by atoms with E-state index >= 15 is 0 Å². The lowest BCUT2D eigenvalue weighted by Gasteiger charge is -2.18. The van der Waals surface area contributed by atoms with Gasteiger partial charge in [0.1, 0.15) is 18.2 Å². The molecule has 1 aromatic rings. The van der Waals surface area contributed by atoms with E-state index in [-0.39, 0.29) is 22.6 Å². The van der Waals surface area contributed by atoms with Crippen molar-refractivity contribution in [3.05, 3.63) is 30.1 Å². The zero-order valence-electron chi connectivity index (χ0n) is 13.6. The van der Waals surface area contributed by atoms with Crippen LogP contribution in [0, 0.1) is 5.82 Å². The fraction of sp³-hybridized carbons (Fsp3) is 0.562. The second kappa shape index (κ2) is 8.88. The highest BCUT2D eigenvalue weighted by atomic mass is 32.2. The van der Waals surface area contributed by atoms with Crippen molar-refractivity contribution in [1.29, 1.82) is 0 Å². The molecule has 6 heteroatoms. The van der Waals surface area contributed by atoms with Crippen molar-refractivity contribution in [3.8, 4) is 5.75 Å². The fourth-order valence-corrected chi connectivity index (χ4v) is 2.41. The highest BCUT2D eigenvalue weighted by Gasteiger charge is 2.11. The van der Waals surface area contributed by atoms with Gasteiger partial charge in [-0.1, -0.05) is 20.8 Å². The molecule has 124 valence electrons. The molecular formula is C16H25FN2O2S. The molecule has 1 unspecified atom stereocenters. The van der Waals surface area contributed by atoms with Crippen molar-refractivity contribution < 1.29 is 13.9 Å². The number of rotatable bonds is 7. The summed E-state index contributed by atoms with van der Waals surface area (Å²) in [7, 11) is 0. The van der Waals surface area contributed by atoms with E-state index in [1.54, 1.807) is 23.9 Å². The lowest BCUT2D eigenvalue weighted by molar-refractivity contribution is 0.227. The Hall–Kier alpha value is -1.43. The van der Waals surface area contributed by atoms with Gasteiger partial charge in [0.15, 0.2) is 0 Å². The van der Waals surface area contributed by atoms with Gasteiger partial charge in [-0.3, -0.25) is 0 Å². The van der Waals surface area contributed by atoms with E-state index in [1.807, 2.05) is 6.92 Å². The van der Waals surface area contributed by atoms with E-state index in [2.05, 4.69) is 31.4 Å². The molecule has 1 atom stereocenters. The van der Waals surface area contributed by atoms with E-state index in [4.69, 9.17) is 4.74 Å². The zero-order chi connectivity index (χ0) is 16.6. The van der Waals surface area contributed by atoms with Crippen LogP contribution < -0.4 is 15.4 Å². The predicted octanol–water partition coefficient (Wildman–Crippen LogP) is 3.42. The Bertz CT molecular complexity index is 460. The molecule has 0 bridgehead atoms. The first-order chi connectivity index (χ1) is 10.3. The number of ether oxygens (including phenoxy) is 1. The van der Waals surface area contributed by atoms with Crippen LogP contribution >= 0.6 is 11.8 Å². The molecule has 1 aromatic carbocycles. The number of carbonyl (C=O) groups is 1. The van der Waals surface area contributed by atoms with Crippen LogP contribution in [-0.2, 0) is 0 Å². The van der Waals surface area contributed by atoms with Crippen molar-refractivity contribution in [2.75, 3.05) is 18.9 Å². The minimum absolute atomic E-state index is 0.139. The van der Waals surface area contributed by atoms with Crippen molar-refractivity contribution in [2.24, 2.45) is 0 Å². The predicted molar refractivity (Wildman–Crippen MR) is 90.1 cm³/mol. The first kappa shape index (κ1) is 18.6. The van der Waals surface area contributed by atoms with Crippen LogP contribution in [0.4, 0.5) is 9.18 Å². The zero-order valence-corrected chi connectivity index (χ0v) is 14.4. The number of carbonyl (C=O) groups excluding carboxylic acids is 1. The average Bonchev–Trinajstić information content (AvgIpc) is 2.42. The minimum Gasteiger partial charge on any atom is -0.491 e. The number of thioether (sulfide) groups is 1. The number of hydrogen-bond donors (Lipinski definition) is 2. The Morgan fingerprint density at radius 1 is 1.32 bits per heavy atom. The Morgan fingerprint density at radius 3 is 2.55 bits per heavy atom. The van der Waals surface area contributed by atoms with Gasteiger partial charge in [-0.25, -0.2) is 9.18 Å². The topological polar surface area (TPSA) is 50.4 Å². The molecule has 22 heavy (non-hydrogen) atoms.